The molecular formula is C12H25NO3. The fourth-order valence-electron chi connectivity index (χ4n) is 2.27. The van der Waals surface area contributed by atoms with E-state index in [0.717, 1.165) is 32.3 Å². The van der Waals surface area contributed by atoms with Gasteiger partial charge in [0.25, 0.3) is 0 Å². The summed E-state index contributed by atoms with van der Waals surface area (Å²) in [5.41, 5.74) is -0.544. The summed E-state index contributed by atoms with van der Waals surface area (Å²) < 4.78 is 5.57. The topological polar surface area (TPSA) is 61.7 Å². The van der Waals surface area contributed by atoms with Crippen LogP contribution >= 0.6 is 0 Å². The smallest absolute Gasteiger partial charge is 0.0647 e. The zero-order valence-electron chi connectivity index (χ0n) is 10.4. The van der Waals surface area contributed by atoms with Crippen molar-refractivity contribution < 1.29 is 14.9 Å². The van der Waals surface area contributed by atoms with Gasteiger partial charge >= 0.3 is 0 Å². The Morgan fingerprint density at radius 1 is 1.44 bits per heavy atom. The van der Waals surface area contributed by atoms with Gasteiger partial charge in [0, 0.05) is 12.6 Å². The van der Waals surface area contributed by atoms with Crippen LogP contribution in [0.4, 0.5) is 0 Å². The fourth-order valence-corrected chi connectivity index (χ4v) is 2.27. The van der Waals surface area contributed by atoms with Crippen molar-refractivity contribution in [1.29, 1.82) is 0 Å². The van der Waals surface area contributed by atoms with Crippen LogP contribution in [0, 0.1) is 0 Å². The van der Waals surface area contributed by atoms with E-state index in [2.05, 4.69) is 12.2 Å². The molecular weight excluding hydrogens is 206 g/mol. The van der Waals surface area contributed by atoms with Gasteiger partial charge in [-0.15, -0.1) is 0 Å². The predicted octanol–water partition coefficient (Wildman–Crippen LogP) is 0.667. The number of aliphatic hydroxyl groups excluding tert-OH is 2. The second-order valence-corrected chi connectivity index (χ2v) is 4.87. The third kappa shape index (κ3) is 3.70. The lowest BCUT2D eigenvalue weighted by Crippen LogP contribution is -2.55. The summed E-state index contributed by atoms with van der Waals surface area (Å²) in [6.07, 6.45) is 4.28. The van der Waals surface area contributed by atoms with Crippen molar-refractivity contribution in [2.75, 3.05) is 19.8 Å². The van der Waals surface area contributed by atoms with E-state index in [1.807, 2.05) is 6.92 Å². The maximum atomic E-state index is 9.33. The molecule has 0 aliphatic carbocycles. The van der Waals surface area contributed by atoms with Crippen LogP contribution in [-0.2, 0) is 4.74 Å². The van der Waals surface area contributed by atoms with Gasteiger partial charge in [0.2, 0.25) is 0 Å². The molecule has 4 heteroatoms. The first kappa shape index (κ1) is 13.9. The zero-order chi connectivity index (χ0) is 12.0. The molecule has 4 nitrogen and oxygen atoms in total. The molecule has 1 fully saturated rings. The Balaban J connectivity index is 2.38. The number of hydrogen-bond acceptors (Lipinski definition) is 4. The third-order valence-corrected chi connectivity index (χ3v) is 3.48. The summed E-state index contributed by atoms with van der Waals surface area (Å²) in [5, 5.41) is 22.0. The highest BCUT2D eigenvalue weighted by Crippen LogP contribution is 2.18. The van der Waals surface area contributed by atoms with Crippen molar-refractivity contribution in [2.45, 2.75) is 57.2 Å². The zero-order valence-corrected chi connectivity index (χ0v) is 10.4. The van der Waals surface area contributed by atoms with Crippen LogP contribution in [0.1, 0.15) is 39.5 Å². The number of hydrogen-bond donors (Lipinski definition) is 3. The molecule has 96 valence electrons. The average molecular weight is 231 g/mol. The first-order valence-corrected chi connectivity index (χ1v) is 6.27. The normalized spacial score (nSPS) is 23.6. The van der Waals surface area contributed by atoms with Crippen molar-refractivity contribution in [1.82, 2.24) is 5.32 Å². The van der Waals surface area contributed by atoms with E-state index < -0.39 is 5.54 Å². The molecule has 3 N–H and O–H groups in total. The van der Waals surface area contributed by atoms with Crippen molar-refractivity contribution in [3.63, 3.8) is 0 Å². The van der Waals surface area contributed by atoms with Crippen molar-refractivity contribution in [2.24, 2.45) is 0 Å². The highest BCUT2D eigenvalue weighted by molar-refractivity contribution is 4.88. The molecule has 1 heterocycles. The van der Waals surface area contributed by atoms with Gasteiger partial charge in [-0.25, -0.2) is 0 Å². The molecule has 0 aromatic rings. The van der Waals surface area contributed by atoms with E-state index in [9.17, 15) is 10.2 Å². The molecule has 0 spiro atoms. The number of nitrogens with one attached hydrogen (secondary N) is 1. The van der Waals surface area contributed by atoms with Crippen LogP contribution in [0.5, 0.6) is 0 Å². The molecule has 1 rings (SSSR count). The summed E-state index contributed by atoms with van der Waals surface area (Å²) >= 11 is 0. The molecule has 0 aromatic heterocycles. The summed E-state index contributed by atoms with van der Waals surface area (Å²) in [5.74, 6) is 0. The van der Waals surface area contributed by atoms with Crippen LogP contribution < -0.4 is 5.32 Å². The lowest BCUT2D eigenvalue weighted by atomic mass is 9.96. The molecule has 2 atom stereocenters. The predicted molar refractivity (Wildman–Crippen MR) is 63.4 cm³/mol. The van der Waals surface area contributed by atoms with Crippen LogP contribution in [0.3, 0.4) is 0 Å². The average Bonchev–Trinajstić information content (AvgIpc) is 2.79. The van der Waals surface area contributed by atoms with Gasteiger partial charge < -0.3 is 20.3 Å². The second kappa shape index (κ2) is 6.55. The minimum atomic E-state index is -0.544. The van der Waals surface area contributed by atoms with Gasteiger partial charge in [-0.3, -0.25) is 0 Å². The van der Waals surface area contributed by atoms with E-state index in [0.29, 0.717) is 6.10 Å². The van der Waals surface area contributed by atoms with Gasteiger partial charge in [-0.1, -0.05) is 6.92 Å². The van der Waals surface area contributed by atoms with Crippen LogP contribution in [0.15, 0.2) is 0 Å². The first-order valence-electron chi connectivity index (χ1n) is 6.27. The molecule has 2 unspecified atom stereocenters. The Kier molecular flexibility index (Phi) is 5.69. The van der Waals surface area contributed by atoms with Crippen LogP contribution in [-0.4, -0.2) is 47.7 Å². The lowest BCUT2D eigenvalue weighted by molar-refractivity contribution is 0.0597. The molecule has 0 saturated carbocycles. The Labute approximate surface area is 98.0 Å². The molecule has 0 aromatic carbocycles. The summed E-state index contributed by atoms with van der Waals surface area (Å²) in [6.45, 7) is 4.86. The van der Waals surface area contributed by atoms with Crippen molar-refractivity contribution in [3.8, 4) is 0 Å². The maximum Gasteiger partial charge on any atom is 0.0647 e. The van der Waals surface area contributed by atoms with E-state index in [1.54, 1.807) is 0 Å². The highest BCUT2D eigenvalue weighted by atomic mass is 16.5. The molecule has 0 radical (unpaired) electrons. The van der Waals surface area contributed by atoms with E-state index in [-0.39, 0.29) is 19.3 Å². The molecule has 1 saturated heterocycles. The summed E-state index contributed by atoms with van der Waals surface area (Å²) in [6, 6.07) is 0.252. The first-order chi connectivity index (χ1) is 7.65. The third-order valence-electron chi connectivity index (χ3n) is 3.48. The lowest BCUT2D eigenvalue weighted by Gasteiger charge is -2.34. The van der Waals surface area contributed by atoms with Crippen LogP contribution in [0.2, 0.25) is 0 Å². The fraction of sp³-hybridized carbons (Fsp3) is 1.00. The Bertz CT molecular complexity index is 180. The summed E-state index contributed by atoms with van der Waals surface area (Å²) in [7, 11) is 0. The monoisotopic (exact) mass is 231 g/mol. The SMILES string of the molecule is CCC(CO)(CO)NC(C)CC1CCCO1. The molecule has 0 bridgehead atoms. The molecule has 1 aliphatic heterocycles. The maximum absolute atomic E-state index is 9.33. The van der Waals surface area contributed by atoms with Gasteiger partial charge in [0.15, 0.2) is 0 Å². The summed E-state index contributed by atoms with van der Waals surface area (Å²) in [4.78, 5) is 0. The number of aliphatic hydroxyl groups is 2. The van der Waals surface area contributed by atoms with Gasteiger partial charge in [0.05, 0.1) is 24.9 Å². The molecule has 0 amide bonds. The van der Waals surface area contributed by atoms with Gasteiger partial charge in [-0.2, -0.15) is 0 Å². The minimum Gasteiger partial charge on any atom is -0.394 e. The van der Waals surface area contributed by atoms with E-state index in [4.69, 9.17) is 4.74 Å². The molecule has 1 aliphatic rings. The Morgan fingerprint density at radius 3 is 2.56 bits per heavy atom. The highest BCUT2D eigenvalue weighted by Gasteiger charge is 2.29. The number of rotatable bonds is 7. The van der Waals surface area contributed by atoms with Crippen molar-refractivity contribution >= 4 is 0 Å². The number of ether oxygens (including phenoxy) is 1. The quantitative estimate of drug-likeness (QED) is 0.602. The van der Waals surface area contributed by atoms with E-state index >= 15 is 0 Å². The minimum absolute atomic E-state index is 0.0319. The van der Waals surface area contributed by atoms with Crippen molar-refractivity contribution in [3.05, 3.63) is 0 Å². The van der Waals surface area contributed by atoms with Gasteiger partial charge in [0.1, 0.15) is 0 Å². The largest absolute Gasteiger partial charge is 0.394 e. The second-order valence-electron chi connectivity index (χ2n) is 4.87. The van der Waals surface area contributed by atoms with Crippen LogP contribution in [0.25, 0.3) is 0 Å². The van der Waals surface area contributed by atoms with E-state index in [1.165, 1.54) is 0 Å². The Morgan fingerprint density at radius 2 is 2.12 bits per heavy atom. The standard InChI is InChI=1S/C12H25NO3/c1-3-12(8-14,9-15)13-10(2)7-11-5-4-6-16-11/h10-11,13-15H,3-9H2,1-2H3. The Hall–Kier alpha value is -0.160. The van der Waals surface area contributed by atoms with Gasteiger partial charge in [-0.05, 0) is 32.6 Å². The molecule has 16 heavy (non-hydrogen) atoms.